The summed E-state index contributed by atoms with van der Waals surface area (Å²) in [7, 11) is 0. The second-order valence-corrected chi connectivity index (χ2v) is 7.08. The second-order valence-electron chi connectivity index (χ2n) is 7.08. The van der Waals surface area contributed by atoms with Crippen molar-refractivity contribution in [2.45, 2.75) is 44.8 Å². The van der Waals surface area contributed by atoms with Gasteiger partial charge in [0.15, 0.2) is 0 Å². The summed E-state index contributed by atoms with van der Waals surface area (Å²) in [6.45, 7) is 7.46. The summed E-state index contributed by atoms with van der Waals surface area (Å²) in [6.07, 6.45) is 9.15. The minimum absolute atomic E-state index is 0.144. The van der Waals surface area contributed by atoms with Crippen molar-refractivity contribution >= 4 is 0 Å². The quantitative estimate of drug-likeness (QED) is 0.741. The number of benzene rings is 1. The number of H-pyrrole nitrogens is 1. The lowest BCUT2D eigenvalue weighted by atomic mass is 9.99. The molecule has 5 heteroatoms. The molecule has 27 heavy (non-hydrogen) atoms. The van der Waals surface area contributed by atoms with Crippen LogP contribution in [0.25, 0.3) is 11.4 Å². The third-order valence-corrected chi connectivity index (χ3v) is 5.01. The maximum absolute atomic E-state index is 12.0. The molecule has 0 unspecified atom stereocenters. The van der Waals surface area contributed by atoms with E-state index < -0.39 is 0 Å². The van der Waals surface area contributed by atoms with Crippen LogP contribution < -0.4 is 11.3 Å². The first-order valence-electron chi connectivity index (χ1n) is 9.53. The zero-order valence-corrected chi connectivity index (χ0v) is 15.9. The minimum Gasteiger partial charge on any atom is -0.330 e. The van der Waals surface area contributed by atoms with E-state index in [0.717, 1.165) is 30.6 Å². The fourth-order valence-electron chi connectivity index (χ4n) is 3.66. The van der Waals surface area contributed by atoms with Crippen LogP contribution in [-0.4, -0.2) is 33.5 Å². The summed E-state index contributed by atoms with van der Waals surface area (Å²) < 4.78 is 0. The van der Waals surface area contributed by atoms with Crippen LogP contribution in [-0.2, 0) is 13.0 Å². The maximum atomic E-state index is 12.0. The maximum Gasteiger partial charge on any atom is 0.251 e. The van der Waals surface area contributed by atoms with Crippen LogP contribution in [0.4, 0.5) is 0 Å². The Hall–Kier alpha value is -2.50. The molecule has 0 aliphatic carbocycles. The van der Waals surface area contributed by atoms with E-state index in [1.54, 1.807) is 0 Å². The molecular formula is C22H28N4O. The van der Waals surface area contributed by atoms with Crippen molar-refractivity contribution in [3.05, 3.63) is 76.8 Å². The van der Waals surface area contributed by atoms with Crippen molar-refractivity contribution in [2.24, 2.45) is 5.73 Å². The normalized spacial score (nSPS) is 19.9. The van der Waals surface area contributed by atoms with Gasteiger partial charge in [0.1, 0.15) is 5.82 Å². The van der Waals surface area contributed by atoms with E-state index in [-0.39, 0.29) is 5.56 Å². The van der Waals surface area contributed by atoms with Crippen molar-refractivity contribution in [1.82, 2.24) is 14.9 Å². The standard InChI is InChI=1S/C22H28N4O/c1-3-6-20-10-4-7-16(2)26(20)15-17-8-5-9-18(13-17)22-24-19(11-12-23)14-21(27)25-22/h3-5,7-9,13-14,16,20H,1,6,10-12,15,23H2,2H3,(H,24,25,27)/t16-,20-/m1/s1. The first-order chi connectivity index (χ1) is 13.1. The van der Waals surface area contributed by atoms with E-state index in [4.69, 9.17) is 5.73 Å². The number of aromatic amines is 1. The summed E-state index contributed by atoms with van der Waals surface area (Å²) in [6, 6.07) is 10.6. The van der Waals surface area contributed by atoms with Gasteiger partial charge >= 0.3 is 0 Å². The van der Waals surface area contributed by atoms with Gasteiger partial charge in [-0.3, -0.25) is 9.69 Å². The lowest BCUT2D eigenvalue weighted by Gasteiger charge is -2.37. The topological polar surface area (TPSA) is 75.0 Å². The molecule has 0 amide bonds. The number of aromatic nitrogens is 2. The van der Waals surface area contributed by atoms with Gasteiger partial charge < -0.3 is 10.7 Å². The van der Waals surface area contributed by atoms with Crippen LogP contribution in [0.15, 0.2) is 59.9 Å². The summed E-state index contributed by atoms with van der Waals surface area (Å²) in [4.78, 5) is 21.9. The molecule has 1 aliphatic rings. The molecule has 142 valence electrons. The molecule has 0 bridgehead atoms. The highest BCUT2D eigenvalue weighted by Gasteiger charge is 2.23. The first-order valence-corrected chi connectivity index (χ1v) is 9.53. The Morgan fingerprint density at radius 1 is 1.41 bits per heavy atom. The SMILES string of the molecule is C=CC[C@@H]1CC=C[C@@H](C)N1Cc1cccc(-c2nc(CCN)cc(=O)[nH]2)c1. The van der Waals surface area contributed by atoms with Gasteiger partial charge in [-0.05, 0) is 37.9 Å². The number of hydrogen-bond donors (Lipinski definition) is 2. The average Bonchev–Trinajstić information content (AvgIpc) is 2.65. The summed E-state index contributed by atoms with van der Waals surface area (Å²) in [5.41, 5.74) is 8.31. The van der Waals surface area contributed by atoms with Crippen LogP contribution in [0.2, 0.25) is 0 Å². The molecule has 2 heterocycles. The van der Waals surface area contributed by atoms with Gasteiger partial charge in [-0.2, -0.15) is 0 Å². The Balaban J connectivity index is 1.86. The number of nitrogens with two attached hydrogens (primary N) is 1. The number of hydrogen-bond acceptors (Lipinski definition) is 4. The molecule has 1 aromatic heterocycles. The van der Waals surface area contributed by atoms with E-state index in [1.165, 1.54) is 11.6 Å². The van der Waals surface area contributed by atoms with Gasteiger partial charge in [0.05, 0.1) is 0 Å². The molecule has 1 aromatic carbocycles. The van der Waals surface area contributed by atoms with Crippen molar-refractivity contribution < 1.29 is 0 Å². The van der Waals surface area contributed by atoms with E-state index in [1.807, 2.05) is 18.2 Å². The molecule has 0 radical (unpaired) electrons. The Bertz CT molecular complexity index is 871. The third kappa shape index (κ3) is 4.81. The second kappa shape index (κ2) is 8.93. The smallest absolute Gasteiger partial charge is 0.251 e. The monoisotopic (exact) mass is 364 g/mol. The van der Waals surface area contributed by atoms with Gasteiger partial charge in [0, 0.05) is 42.4 Å². The molecule has 2 atom stereocenters. The molecule has 0 fully saturated rings. The molecule has 0 spiro atoms. The molecule has 2 aromatic rings. The van der Waals surface area contributed by atoms with Gasteiger partial charge in [-0.1, -0.05) is 36.4 Å². The van der Waals surface area contributed by atoms with E-state index in [0.29, 0.717) is 30.9 Å². The number of rotatable bonds is 7. The van der Waals surface area contributed by atoms with Crippen molar-refractivity contribution in [1.29, 1.82) is 0 Å². The van der Waals surface area contributed by atoms with Gasteiger partial charge in [-0.15, -0.1) is 6.58 Å². The Kier molecular flexibility index (Phi) is 6.37. The molecule has 0 saturated carbocycles. The van der Waals surface area contributed by atoms with Gasteiger partial charge in [0.25, 0.3) is 5.56 Å². The zero-order valence-electron chi connectivity index (χ0n) is 15.9. The summed E-state index contributed by atoms with van der Waals surface area (Å²) >= 11 is 0. The van der Waals surface area contributed by atoms with Crippen molar-refractivity contribution in [3.8, 4) is 11.4 Å². The molecule has 3 N–H and O–H groups in total. The van der Waals surface area contributed by atoms with Crippen LogP contribution in [0.1, 0.15) is 31.0 Å². The predicted octanol–water partition coefficient (Wildman–Crippen LogP) is 3.03. The van der Waals surface area contributed by atoms with Crippen molar-refractivity contribution in [3.63, 3.8) is 0 Å². The van der Waals surface area contributed by atoms with Crippen LogP contribution in [0.3, 0.4) is 0 Å². The predicted molar refractivity (Wildman–Crippen MR) is 110 cm³/mol. The molecule has 1 aliphatic heterocycles. The Morgan fingerprint density at radius 3 is 3.04 bits per heavy atom. The molecule has 3 rings (SSSR count). The van der Waals surface area contributed by atoms with Gasteiger partial charge in [-0.25, -0.2) is 4.98 Å². The average molecular weight is 364 g/mol. The molecule has 0 saturated heterocycles. The van der Waals surface area contributed by atoms with Gasteiger partial charge in [0.2, 0.25) is 0 Å². The first kappa shape index (κ1) is 19.3. The van der Waals surface area contributed by atoms with Crippen LogP contribution in [0, 0.1) is 0 Å². The Labute approximate surface area is 160 Å². The lowest BCUT2D eigenvalue weighted by Crippen LogP contribution is -2.42. The largest absolute Gasteiger partial charge is 0.330 e. The highest BCUT2D eigenvalue weighted by Crippen LogP contribution is 2.24. The van der Waals surface area contributed by atoms with Crippen LogP contribution >= 0.6 is 0 Å². The molecular weight excluding hydrogens is 336 g/mol. The number of nitrogens with zero attached hydrogens (tertiary/aromatic N) is 2. The zero-order chi connectivity index (χ0) is 19.2. The number of nitrogens with one attached hydrogen (secondary N) is 1. The Morgan fingerprint density at radius 2 is 2.26 bits per heavy atom. The highest BCUT2D eigenvalue weighted by atomic mass is 16.1. The van der Waals surface area contributed by atoms with E-state index >= 15 is 0 Å². The van der Waals surface area contributed by atoms with Crippen LogP contribution in [0.5, 0.6) is 0 Å². The minimum atomic E-state index is -0.144. The summed E-state index contributed by atoms with van der Waals surface area (Å²) in [5.74, 6) is 0.599. The third-order valence-electron chi connectivity index (χ3n) is 5.01. The fraction of sp³-hybridized carbons (Fsp3) is 0.364. The van der Waals surface area contributed by atoms with Crippen molar-refractivity contribution in [2.75, 3.05) is 6.54 Å². The highest BCUT2D eigenvalue weighted by molar-refractivity contribution is 5.56. The lowest BCUT2D eigenvalue weighted by molar-refractivity contribution is 0.151. The molecule has 5 nitrogen and oxygen atoms in total. The van der Waals surface area contributed by atoms with E-state index in [9.17, 15) is 4.79 Å². The fourth-order valence-corrected chi connectivity index (χ4v) is 3.66. The summed E-state index contributed by atoms with van der Waals surface area (Å²) in [5, 5.41) is 0. The van der Waals surface area contributed by atoms with E-state index in [2.05, 4.69) is 52.7 Å².